The lowest BCUT2D eigenvalue weighted by Gasteiger charge is -2.20. The minimum atomic E-state index is 0.736. The van der Waals surface area contributed by atoms with Gasteiger partial charge in [-0.3, -0.25) is 0 Å². The van der Waals surface area contributed by atoms with Gasteiger partial charge in [0.1, 0.15) is 5.75 Å². The number of hydrogen-bond acceptors (Lipinski definition) is 2. The van der Waals surface area contributed by atoms with E-state index < -0.39 is 0 Å². The third-order valence-corrected chi connectivity index (χ3v) is 3.77. The molecule has 0 spiro atoms. The second-order valence-electron chi connectivity index (χ2n) is 5.85. The van der Waals surface area contributed by atoms with E-state index in [1.54, 1.807) is 7.11 Å². The van der Waals surface area contributed by atoms with Gasteiger partial charge in [-0.2, -0.15) is 0 Å². The predicted octanol–water partition coefficient (Wildman–Crippen LogP) is 4.84. The van der Waals surface area contributed by atoms with Crippen molar-refractivity contribution in [1.82, 2.24) is 0 Å². The van der Waals surface area contributed by atoms with Crippen LogP contribution in [-0.4, -0.2) is 20.7 Å². The molecular weight excluding hydrogens is 258 g/mol. The van der Waals surface area contributed by atoms with E-state index in [0.29, 0.717) is 0 Å². The topological polar surface area (TPSA) is 12.5 Å². The smallest absolute Gasteiger partial charge is 0.126 e. The molecule has 2 nitrogen and oxygen atoms in total. The van der Waals surface area contributed by atoms with Crippen LogP contribution in [0.15, 0.2) is 48.5 Å². The summed E-state index contributed by atoms with van der Waals surface area (Å²) < 4.78 is 5.43. The Bertz CT molecular complexity index is 560. The molecule has 0 unspecified atom stereocenters. The average molecular weight is 283 g/mol. The summed E-state index contributed by atoms with van der Waals surface area (Å²) in [5.74, 6) is 1.65. The zero-order chi connectivity index (χ0) is 15.2. The largest absolute Gasteiger partial charge is 0.496 e. The van der Waals surface area contributed by atoms with Gasteiger partial charge in [-0.1, -0.05) is 44.2 Å². The third kappa shape index (κ3) is 4.01. The van der Waals surface area contributed by atoms with Gasteiger partial charge in [0.25, 0.3) is 0 Å². The molecule has 0 aliphatic carbocycles. The number of methoxy groups -OCH3 is 1. The predicted molar refractivity (Wildman–Crippen MR) is 91.2 cm³/mol. The van der Waals surface area contributed by atoms with Crippen LogP contribution >= 0.6 is 0 Å². The molecule has 2 heteroatoms. The van der Waals surface area contributed by atoms with Crippen molar-refractivity contribution < 1.29 is 4.74 Å². The maximum atomic E-state index is 5.43. The van der Waals surface area contributed by atoms with Crippen molar-refractivity contribution in [3.05, 3.63) is 48.5 Å². The van der Waals surface area contributed by atoms with Crippen molar-refractivity contribution in [3.63, 3.8) is 0 Å². The number of benzene rings is 2. The van der Waals surface area contributed by atoms with Gasteiger partial charge in [-0.25, -0.2) is 0 Å². The van der Waals surface area contributed by atoms with Gasteiger partial charge >= 0.3 is 0 Å². The molecule has 0 bridgehead atoms. The third-order valence-electron chi connectivity index (χ3n) is 3.77. The van der Waals surface area contributed by atoms with Crippen LogP contribution in [0.2, 0.25) is 0 Å². The van der Waals surface area contributed by atoms with Crippen LogP contribution in [0.5, 0.6) is 5.75 Å². The Morgan fingerprint density at radius 2 is 1.67 bits per heavy atom. The highest BCUT2D eigenvalue weighted by molar-refractivity contribution is 5.72. The van der Waals surface area contributed by atoms with Crippen LogP contribution in [0.25, 0.3) is 11.1 Å². The summed E-state index contributed by atoms with van der Waals surface area (Å²) in [7, 11) is 3.87. The number of rotatable bonds is 6. The standard InChI is InChI=1S/C19H25NO/c1-15(2)13-14-20(3)17-11-9-16(10-12-17)18-7-5-6-8-19(18)21-4/h5-12,15H,13-14H2,1-4H3. The van der Waals surface area contributed by atoms with Crippen LogP contribution in [-0.2, 0) is 0 Å². The van der Waals surface area contributed by atoms with Crippen LogP contribution in [0.4, 0.5) is 5.69 Å². The first-order chi connectivity index (χ1) is 10.1. The Hall–Kier alpha value is -1.96. The van der Waals surface area contributed by atoms with Gasteiger partial charge in [0.2, 0.25) is 0 Å². The van der Waals surface area contributed by atoms with E-state index in [4.69, 9.17) is 4.74 Å². The summed E-state index contributed by atoms with van der Waals surface area (Å²) >= 11 is 0. The quantitative estimate of drug-likeness (QED) is 0.752. The minimum absolute atomic E-state index is 0.736. The van der Waals surface area contributed by atoms with Crippen LogP contribution < -0.4 is 9.64 Å². The van der Waals surface area contributed by atoms with Crippen molar-refractivity contribution in [3.8, 4) is 16.9 Å². The fourth-order valence-electron chi connectivity index (χ4n) is 2.36. The monoisotopic (exact) mass is 283 g/mol. The molecule has 0 aliphatic rings. The normalized spacial score (nSPS) is 10.7. The average Bonchev–Trinajstić information content (AvgIpc) is 2.52. The fraction of sp³-hybridized carbons (Fsp3) is 0.368. The molecule has 0 N–H and O–H groups in total. The molecule has 21 heavy (non-hydrogen) atoms. The zero-order valence-corrected chi connectivity index (χ0v) is 13.5. The minimum Gasteiger partial charge on any atom is -0.496 e. The van der Waals surface area contributed by atoms with E-state index in [0.717, 1.165) is 23.8 Å². The van der Waals surface area contributed by atoms with Gasteiger partial charge in [0.05, 0.1) is 7.11 Å². The highest BCUT2D eigenvalue weighted by atomic mass is 16.5. The highest BCUT2D eigenvalue weighted by Crippen LogP contribution is 2.30. The molecular formula is C19H25NO. The van der Waals surface area contributed by atoms with Crippen molar-refractivity contribution >= 4 is 5.69 Å². The van der Waals surface area contributed by atoms with Crippen LogP contribution in [0.3, 0.4) is 0 Å². The number of nitrogens with zero attached hydrogens (tertiary/aromatic N) is 1. The molecule has 0 amide bonds. The van der Waals surface area contributed by atoms with Crippen LogP contribution in [0.1, 0.15) is 20.3 Å². The van der Waals surface area contributed by atoms with E-state index in [1.165, 1.54) is 17.7 Å². The molecule has 2 aromatic rings. The molecule has 112 valence electrons. The van der Waals surface area contributed by atoms with Gasteiger partial charge < -0.3 is 9.64 Å². The summed E-state index contributed by atoms with van der Waals surface area (Å²) in [6.07, 6.45) is 1.21. The van der Waals surface area contributed by atoms with E-state index >= 15 is 0 Å². The lowest BCUT2D eigenvalue weighted by Crippen LogP contribution is -2.19. The molecule has 0 saturated heterocycles. The zero-order valence-electron chi connectivity index (χ0n) is 13.5. The molecule has 0 saturated carbocycles. The van der Waals surface area contributed by atoms with Crippen molar-refractivity contribution in [2.75, 3.05) is 25.6 Å². The summed E-state index contributed by atoms with van der Waals surface area (Å²) in [4.78, 5) is 2.31. The number of ether oxygens (including phenoxy) is 1. The second kappa shape index (κ2) is 7.16. The Morgan fingerprint density at radius 1 is 1.00 bits per heavy atom. The van der Waals surface area contributed by atoms with Crippen molar-refractivity contribution in [1.29, 1.82) is 0 Å². The summed E-state index contributed by atoms with van der Waals surface area (Å²) in [5, 5.41) is 0. The Morgan fingerprint density at radius 3 is 2.29 bits per heavy atom. The van der Waals surface area contributed by atoms with Gasteiger partial charge in [-0.15, -0.1) is 0 Å². The summed E-state index contributed by atoms with van der Waals surface area (Å²) in [5.41, 5.74) is 3.58. The number of para-hydroxylation sites is 1. The lowest BCUT2D eigenvalue weighted by molar-refractivity contribution is 0.416. The first-order valence-corrected chi connectivity index (χ1v) is 7.56. The van der Waals surface area contributed by atoms with Crippen LogP contribution in [0, 0.1) is 5.92 Å². The molecule has 0 radical (unpaired) electrons. The molecule has 0 heterocycles. The van der Waals surface area contributed by atoms with E-state index in [-0.39, 0.29) is 0 Å². The molecule has 0 aliphatic heterocycles. The Kier molecular flexibility index (Phi) is 5.26. The first-order valence-electron chi connectivity index (χ1n) is 7.56. The second-order valence-corrected chi connectivity index (χ2v) is 5.85. The SMILES string of the molecule is COc1ccccc1-c1ccc(N(C)CCC(C)C)cc1. The van der Waals surface area contributed by atoms with Crippen molar-refractivity contribution in [2.45, 2.75) is 20.3 Å². The summed E-state index contributed by atoms with van der Waals surface area (Å²) in [6.45, 7) is 5.61. The highest BCUT2D eigenvalue weighted by Gasteiger charge is 2.06. The van der Waals surface area contributed by atoms with E-state index in [2.05, 4.69) is 56.1 Å². The van der Waals surface area contributed by atoms with E-state index in [9.17, 15) is 0 Å². The lowest BCUT2D eigenvalue weighted by atomic mass is 10.0. The molecule has 0 fully saturated rings. The summed E-state index contributed by atoms with van der Waals surface area (Å²) in [6, 6.07) is 16.8. The van der Waals surface area contributed by atoms with Gasteiger partial charge in [0.15, 0.2) is 0 Å². The molecule has 2 aromatic carbocycles. The molecule has 0 aromatic heterocycles. The fourth-order valence-corrected chi connectivity index (χ4v) is 2.36. The molecule has 2 rings (SSSR count). The Balaban J connectivity index is 2.15. The van der Waals surface area contributed by atoms with E-state index in [1.807, 2.05) is 18.2 Å². The number of hydrogen-bond donors (Lipinski definition) is 0. The van der Waals surface area contributed by atoms with Crippen molar-refractivity contribution in [2.24, 2.45) is 5.92 Å². The van der Waals surface area contributed by atoms with Gasteiger partial charge in [0, 0.05) is 24.8 Å². The maximum Gasteiger partial charge on any atom is 0.126 e. The Labute approximate surface area is 128 Å². The first kappa shape index (κ1) is 15.4. The maximum absolute atomic E-state index is 5.43. The molecule has 0 atom stereocenters. The van der Waals surface area contributed by atoms with Gasteiger partial charge in [-0.05, 0) is 36.1 Å². The number of anilines is 1.